The molecule has 3 aliphatic rings. The van der Waals surface area contributed by atoms with E-state index in [0.29, 0.717) is 0 Å². The minimum Gasteiger partial charge on any atom is -0.0591 e. The third-order valence-electron chi connectivity index (χ3n) is 5.02. The lowest BCUT2D eigenvalue weighted by atomic mass is 9.71. The van der Waals surface area contributed by atoms with Gasteiger partial charge in [0, 0.05) is 0 Å². The van der Waals surface area contributed by atoms with E-state index in [0.717, 1.165) is 16.7 Å². The summed E-state index contributed by atoms with van der Waals surface area (Å²) in [5.74, 6) is 1.15. The summed E-state index contributed by atoms with van der Waals surface area (Å²) in [5, 5.41) is 0. The van der Waals surface area contributed by atoms with Crippen molar-refractivity contribution < 1.29 is 0 Å². The second-order valence-corrected chi connectivity index (χ2v) is 5.49. The number of rotatable bonds is 1. The molecule has 0 aliphatic heterocycles. The van der Waals surface area contributed by atoms with Crippen molar-refractivity contribution >= 4 is 0 Å². The van der Waals surface area contributed by atoms with E-state index in [1.165, 1.54) is 0 Å². The van der Waals surface area contributed by atoms with E-state index in [1.54, 1.807) is 44.9 Å². The van der Waals surface area contributed by atoms with Gasteiger partial charge in [0.2, 0.25) is 0 Å². The second kappa shape index (κ2) is 1.67. The molecule has 3 saturated carbocycles. The van der Waals surface area contributed by atoms with Gasteiger partial charge in [-0.05, 0) is 61.7 Å². The van der Waals surface area contributed by atoms with Crippen molar-refractivity contribution in [2.24, 2.45) is 16.7 Å². The van der Waals surface area contributed by atoms with Crippen LogP contribution in [0.15, 0.2) is 0 Å². The van der Waals surface area contributed by atoms with Crippen molar-refractivity contribution in [2.45, 2.75) is 51.9 Å². The highest BCUT2D eigenvalue weighted by atomic mass is 14.6. The lowest BCUT2D eigenvalue weighted by Crippen LogP contribution is -2.24. The fourth-order valence-electron chi connectivity index (χ4n) is 3.76. The molecule has 0 heteroatoms. The molecule has 0 heterocycles. The van der Waals surface area contributed by atoms with Crippen LogP contribution in [0.5, 0.6) is 0 Å². The van der Waals surface area contributed by atoms with Gasteiger partial charge in [0.1, 0.15) is 0 Å². The molecule has 3 aliphatic carbocycles. The summed E-state index contributed by atoms with van der Waals surface area (Å²) in [6.07, 6.45) is 11.0. The van der Waals surface area contributed by atoms with Crippen LogP contribution in [0.25, 0.3) is 0 Å². The van der Waals surface area contributed by atoms with E-state index >= 15 is 0 Å². The van der Waals surface area contributed by atoms with Gasteiger partial charge in [-0.15, -0.1) is 0 Å². The van der Waals surface area contributed by atoms with Crippen LogP contribution in [0, 0.1) is 16.7 Å². The molecule has 0 aromatic carbocycles. The van der Waals surface area contributed by atoms with E-state index in [9.17, 15) is 0 Å². The van der Waals surface area contributed by atoms with Gasteiger partial charge in [-0.1, -0.05) is 6.92 Å². The third kappa shape index (κ3) is 0.666. The van der Waals surface area contributed by atoms with Crippen LogP contribution in [0.1, 0.15) is 51.9 Å². The van der Waals surface area contributed by atoms with Crippen molar-refractivity contribution in [1.29, 1.82) is 0 Å². The number of fused-ring (bicyclic) bond motifs is 2. The second-order valence-electron chi connectivity index (χ2n) is 5.49. The van der Waals surface area contributed by atoms with Gasteiger partial charge in [0.15, 0.2) is 0 Å². The van der Waals surface area contributed by atoms with Gasteiger partial charge in [0.05, 0.1) is 0 Å². The summed E-state index contributed by atoms with van der Waals surface area (Å²) in [6, 6.07) is 0. The molecule has 0 saturated heterocycles. The zero-order valence-corrected chi connectivity index (χ0v) is 7.53. The van der Waals surface area contributed by atoms with E-state index in [1.807, 2.05) is 0 Å². The normalized spacial score (nSPS) is 51.5. The van der Waals surface area contributed by atoms with Crippen LogP contribution in [0.2, 0.25) is 0 Å². The van der Waals surface area contributed by atoms with Crippen molar-refractivity contribution in [1.82, 2.24) is 0 Å². The first kappa shape index (κ1) is 6.51. The minimum absolute atomic E-state index is 0.818. The molecule has 11 heavy (non-hydrogen) atoms. The summed E-state index contributed by atoms with van der Waals surface area (Å²) in [4.78, 5) is 0. The van der Waals surface area contributed by atoms with Gasteiger partial charge in [-0.25, -0.2) is 0 Å². The Kier molecular flexibility index (Phi) is 0.990. The first-order valence-electron chi connectivity index (χ1n) is 5.24. The molecule has 0 aromatic rings. The van der Waals surface area contributed by atoms with Crippen molar-refractivity contribution in [2.75, 3.05) is 0 Å². The van der Waals surface area contributed by atoms with Crippen molar-refractivity contribution in [3.8, 4) is 0 Å². The molecule has 0 aromatic heterocycles. The molecule has 0 unspecified atom stereocenters. The predicted molar refractivity (Wildman–Crippen MR) is 46.3 cm³/mol. The largest absolute Gasteiger partial charge is 0.0591 e. The molecule has 2 bridgehead atoms. The Morgan fingerprint density at radius 1 is 1.00 bits per heavy atom. The standard InChI is InChI=1S/C11H18/c1-10(6-7-10)11-4-2-9(8-11)3-5-11/h9H,2-8H2,1H3. The zero-order chi connectivity index (χ0) is 7.53. The summed E-state index contributed by atoms with van der Waals surface area (Å²) >= 11 is 0. The molecule has 0 nitrogen and oxygen atoms in total. The van der Waals surface area contributed by atoms with E-state index < -0.39 is 0 Å². The van der Waals surface area contributed by atoms with Gasteiger partial charge >= 0.3 is 0 Å². The van der Waals surface area contributed by atoms with Gasteiger partial charge in [-0.3, -0.25) is 0 Å². The van der Waals surface area contributed by atoms with E-state index in [2.05, 4.69) is 6.92 Å². The van der Waals surface area contributed by atoms with Crippen LogP contribution in [0.4, 0.5) is 0 Å². The quantitative estimate of drug-likeness (QED) is 0.537. The molecule has 0 N–H and O–H groups in total. The minimum atomic E-state index is 0.818. The first-order valence-corrected chi connectivity index (χ1v) is 5.24. The lowest BCUT2D eigenvalue weighted by molar-refractivity contribution is 0.162. The number of hydrogen-bond donors (Lipinski definition) is 0. The predicted octanol–water partition coefficient (Wildman–Crippen LogP) is 3.37. The maximum absolute atomic E-state index is 2.54. The SMILES string of the molecule is CC1(C23CCC(CC2)C3)CC1. The Morgan fingerprint density at radius 2 is 1.64 bits per heavy atom. The topological polar surface area (TPSA) is 0 Å². The molecular weight excluding hydrogens is 132 g/mol. The highest BCUT2D eigenvalue weighted by Crippen LogP contribution is 2.71. The highest BCUT2D eigenvalue weighted by Gasteiger charge is 2.60. The van der Waals surface area contributed by atoms with Crippen molar-refractivity contribution in [3.05, 3.63) is 0 Å². The smallest absolute Gasteiger partial charge is 0.0241 e. The highest BCUT2D eigenvalue weighted by molar-refractivity contribution is 5.10. The van der Waals surface area contributed by atoms with E-state index in [4.69, 9.17) is 0 Å². The fraction of sp³-hybridized carbons (Fsp3) is 1.00. The Hall–Kier alpha value is 0. The van der Waals surface area contributed by atoms with Gasteiger partial charge in [0.25, 0.3) is 0 Å². The summed E-state index contributed by atoms with van der Waals surface area (Å²) in [7, 11) is 0. The van der Waals surface area contributed by atoms with Gasteiger partial charge in [-0.2, -0.15) is 0 Å². The maximum Gasteiger partial charge on any atom is -0.0241 e. The molecule has 62 valence electrons. The first-order chi connectivity index (χ1) is 5.24. The molecule has 0 atom stereocenters. The Bertz CT molecular complexity index is 180. The van der Waals surface area contributed by atoms with Crippen LogP contribution >= 0.6 is 0 Å². The molecule has 0 amide bonds. The maximum atomic E-state index is 2.54. The molecule has 3 rings (SSSR count). The average Bonchev–Trinajstić information content (AvgIpc) is 2.51. The van der Waals surface area contributed by atoms with Crippen LogP contribution < -0.4 is 0 Å². The summed E-state index contributed by atoms with van der Waals surface area (Å²) < 4.78 is 0. The Morgan fingerprint density at radius 3 is 2.00 bits per heavy atom. The number of hydrogen-bond acceptors (Lipinski definition) is 0. The third-order valence-corrected chi connectivity index (χ3v) is 5.02. The van der Waals surface area contributed by atoms with E-state index in [-0.39, 0.29) is 0 Å². The fourth-order valence-corrected chi connectivity index (χ4v) is 3.76. The molecule has 0 radical (unpaired) electrons. The monoisotopic (exact) mass is 150 g/mol. The Balaban J connectivity index is 1.94. The molecule has 0 spiro atoms. The summed E-state index contributed by atoms with van der Waals surface area (Å²) in [5.41, 5.74) is 1.68. The zero-order valence-electron chi connectivity index (χ0n) is 7.53. The van der Waals surface area contributed by atoms with Crippen molar-refractivity contribution in [3.63, 3.8) is 0 Å². The van der Waals surface area contributed by atoms with Crippen LogP contribution in [-0.2, 0) is 0 Å². The average molecular weight is 150 g/mol. The van der Waals surface area contributed by atoms with Gasteiger partial charge < -0.3 is 0 Å². The van der Waals surface area contributed by atoms with Crippen LogP contribution in [0.3, 0.4) is 0 Å². The Labute approximate surface area is 69.4 Å². The lowest BCUT2D eigenvalue weighted by Gasteiger charge is -2.33. The van der Waals surface area contributed by atoms with Crippen LogP contribution in [-0.4, -0.2) is 0 Å². The molecular formula is C11H18. The summed E-state index contributed by atoms with van der Waals surface area (Å²) in [6.45, 7) is 2.54. The molecule has 3 fully saturated rings.